The fourth-order valence-electron chi connectivity index (χ4n) is 1.96. The zero-order valence-corrected chi connectivity index (χ0v) is 13.4. The second kappa shape index (κ2) is 8.69. The molecule has 1 unspecified atom stereocenters. The Kier molecular flexibility index (Phi) is 7.25. The number of carbonyl (C=O) groups excluding carboxylic acids is 1. The molecule has 21 heavy (non-hydrogen) atoms. The lowest BCUT2D eigenvalue weighted by atomic mass is 10.2. The van der Waals surface area contributed by atoms with Gasteiger partial charge in [-0.25, -0.2) is 0 Å². The van der Waals surface area contributed by atoms with E-state index in [1.165, 1.54) is 0 Å². The fourth-order valence-corrected chi connectivity index (χ4v) is 2.37. The van der Waals surface area contributed by atoms with E-state index in [1.807, 2.05) is 37.4 Å². The van der Waals surface area contributed by atoms with E-state index < -0.39 is 12.0 Å². The van der Waals surface area contributed by atoms with Crippen LogP contribution >= 0.6 is 11.8 Å². The molecule has 1 amide bonds. The Morgan fingerprint density at radius 3 is 2.43 bits per heavy atom. The number of carboxylic acids is 1. The van der Waals surface area contributed by atoms with Gasteiger partial charge in [0.05, 0.1) is 12.6 Å². The molecule has 1 atom stereocenters. The van der Waals surface area contributed by atoms with Crippen molar-refractivity contribution in [1.82, 2.24) is 4.90 Å². The number of aliphatic carboxylic acids is 1. The molecule has 0 aromatic heterocycles. The highest BCUT2D eigenvalue weighted by molar-refractivity contribution is 7.98. The van der Waals surface area contributed by atoms with Crippen LogP contribution in [0.2, 0.25) is 0 Å². The van der Waals surface area contributed by atoms with Gasteiger partial charge in [-0.2, -0.15) is 0 Å². The summed E-state index contributed by atoms with van der Waals surface area (Å²) in [6.45, 7) is 4.13. The number of hydrogen-bond acceptors (Lipinski definition) is 4. The van der Waals surface area contributed by atoms with Gasteiger partial charge in [0.25, 0.3) is 0 Å². The monoisotopic (exact) mass is 310 g/mol. The Morgan fingerprint density at radius 1 is 1.33 bits per heavy atom. The van der Waals surface area contributed by atoms with Gasteiger partial charge in [0.15, 0.2) is 0 Å². The summed E-state index contributed by atoms with van der Waals surface area (Å²) in [7, 11) is 0. The summed E-state index contributed by atoms with van der Waals surface area (Å²) in [5.41, 5.74) is 0.719. The molecule has 0 radical (unpaired) electrons. The molecule has 2 N–H and O–H groups in total. The van der Waals surface area contributed by atoms with Crippen molar-refractivity contribution in [3.8, 4) is 0 Å². The van der Waals surface area contributed by atoms with Gasteiger partial charge in [0.2, 0.25) is 5.91 Å². The largest absolute Gasteiger partial charge is 0.480 e. The SMILES string of the molecule is CCCN(CC(=O)O)C(C)C(=O)Nc1ccc(SC)cc1. The van der Waals surface area contributed by atoms with Crippen molar-refractivity contribution in [3.63, 3.8) is 0 Å². The first-order chi connectivity index (χ1) is 9.97. The van der Waals surface area contributed by atoms with E-state index in [4.69, 9.17) is 5.11 Å². The zero-order valence-electron chi connectivity index (χ0n) is 12.6. The molecule has 1 aromatic carbocycles. The number of amides is 1. The zero-order chi connectivity index (χ0) is 15.8. The Labute approximate surface area is 129 Å². The molecule has 1 aromatic rings. The van der Waals surface area contributed by atoms with Crippen LogP contribution < -0.4 is 5.32 Å². The van der Waals surface area contributed by atoms with E-state index >= 15 is 0 Å². The number of carboxylic acid groups (broad SMARTS) is 1. The van der Waals surface area contributed by atoms with Crippen LogP contribution in [-0.4, -0.2) is 47.3 Å². The number of anilines is 1. The van der Waals surface area contributed by atoms with Gasteiger partial charge in [-0.05, 0) is 50.4 Å². The van der Waals surface area contributed by atoms with Crippen LogP contribution in [0.25, 0.3) is 0 Å². The maximum Gasteiger partial charge on any atom is 0.317 e. The topological polar surface area (TPSA) is 69.6 Å². The number of carbonyl (C=O) groups is 2. The average molecular weight is 310 g/mol. The fraction of sp³-hybridized carbons (Fsp3) is 0.467. The van der Waals surface area contributed by atoms with Gasteiger partial charge in [-0.1, -0.05) is 6.92 Å². The summed E-state index contributed by atoms with van der Waals surface area (Å²) in [6.07, 6.45) is 2.79. The number of thioether (sulfide) groups is 1. The summed E-state index contributed by atoms with van der Waals surface area (Å²) in [5.74, 6) is -1.12. The summed E-state index contributed by atoms with van der Waals surface area (Å²) >= 11 is 1.63. The van der Waals surface area contributed by atoms with Crippen molar-refractivity contribution in [3.05, 3.63) is 24.3 Å². The van der Waals surface area contributed by atoms with E-state index in [9.17, 15) is 9.59 Å². The molecule has 0 aliphatic heterocycles. The number of hydrogen-bond donors (Lipinski definition) is 2. The predicted molar refractivity (Wildman–Crippen MR) is 85.8 cm³/mol. The summed E-state index contributed by atoms with van der Waals surface area (Å²) in [6, 6.07) is 7.08. The quantitative estimate of drug-likeness (QED) is 0.722. The van der Waals surface area contributed by atoms with Crippen LogP contribution in [-0.2, 0) is 9.59 Å². The minimum absolute atomic E-state index is 0.131. The summed E-state index contributed by atoms with van der Waals surface area (Å²) in [5, 5.41) is 11.7. The van der Waals surface area contributed by atoms with Crippen LogP contribution in [0.1, 0.15) is 20.3 Å². The lowest BCUT2D eigenvalue weighted by Gasteiger charge is -2.26. The molecule has 0 bridgehead atoms. The molecule has 0 saturated carbocycles. The summed E-state index contributed by atoms with van der Waals surface area (Å²) in [4.78, 5) is 25.9. The molecule has 0 aliphatic rings. The Bertz CT molecular complexity index is 476. The number of benzene rings is 1. The third-order valence-corrected chi connectivity index (χ3v) is 3.88. The Hall–Kier alpha value is -1.53. The molecular formula is C15H22N2O3S. The highest BCUT2D eigenvalue weighted by Gasteiger charge is 2.22. The van der Waals surface area contributed by atoms with Crippen LogP contribution in [0, 0.1) is 0 Å². The van der Waals surface area contributed by atoms with Crippen molar-refractivity contribution in [2.45, 2.75) is 31.2 Å². The van der Waals surface area contributed by atoms with E-state index in [1.54, 1.807) is 23.6 Å². The molecule has 0 saturated heterocycles. The second-order valence-electron chi connectivity index (χ2n) is 4.76. The van der Waals surface area contributed by atoms with Gasteiger partial charge in [-0.15, -0.1) is 11.8 Å². The van der Waals surface area contributed by atoms with Gasteiger partial charge in [0, 0.05) is 10.6 Å². The highest BCUT2D eigenvalue weighted by Crippen LogP contribution is 2.17. The first-order valence-corrected chi connectivity index (χ1v) is 8.11. The molecule has 116 valence electrons. The standard InChI is InChI=1S/C15H22N2O3S/c1-4-9-17(10-14(18)19)11(2)15(20)16-12-5-7-13(21-3)8-6-12/h5-8,11H,4,9-10H2,1-3H3,(H,16,20)(H,18,19). The van der Waals surface area contributed by atoms with Gasteiger partial charge < -0.3 is 10.4 Å². The second-order valence-corrected chi connectivity index (χ2v) is 5.64. The Balaban J connectivity index is 2.68. The molecule has 0 fully saturated rings. The normalized spacial score (nSPS) is 12.2. The molecular weight excluding hydrogens is 288 g/mol. The molecule has 5 nitrogen and oxygen atoms in total. The maximum atomic E-state index is 12.2. The Morgan fingerprint density at radius 2 is 1.95 bits per heavy atom. The van der Waals surface area contributed by atoms with Crippen LogP contribution in [0.15, 0.2) is 29.2 Å². The third-order valence-electron chi connectivity index (χ3n) is 3.13. The predicted octanol–water partition coefficient (Wildman–Crippen LogP) is 2.53. The van der Waals surface area contributed by atoms with E-state index in [-0.39, 0.29) is 12.5 Å². The van der Waals surface area contributed by atoms with Gasteiger partial charge in [-0.3, -0.25) is 14.5 Å². The number of nitrogens with one attached hydrogen (secondary N) is 1. The van der Waals surface area contributed by atoms with Gasteiger partial charge >= 0.3 is 5.97 Å². The van der Waals surface area contributed by atoms with Gasteiger partial charge in [0.1, 0.15) is 0 Å². The molecule has 1 rings (SSSR count). The molecule has 6 heteroatoms. The van der Waals surface area contributed by atoms with Crippen molar-refractivity contribution in [2.24, 2.45) is 0 Å². The lowest BCUT2D eigenvalue weighted by molar-refractivity contribution is -0.139. The number of nitrogens with zero attached hydrogens (tertiary/aromatic N) is 1. The third kappa shape index (κ3) is 5.77. The van der Waals surface area contributed by atoms with Crippen LogP contribution in [0.5, 0.6) is 0 Å². The van der Waals surface area contributed by atoms with Crippen molar-refractivity contribution in [1.29, 1.82) is 0 Å². The summed E-state index contributed by atoms with van der Waals surface area (Å²) < 4.78 is 0. The van der Waals surface area contributed by atoms with E-state index in [2.05, 4.69) is 5.32 Å². The highest BCUT2D eigenvalue weighted by atomic mass is 32.2. The van der Waals surface area contributed by atoms with Crippen molar-refractivity contribution < 1.29 is 14.7 Å². The average Bonchev–Trinajstić information content (AvgIpc) is 2.46. The lowest BCUT2D eigenvalue weighted by Crippen LogP contribution is -2.44. The smallest absolute Gasteiger partial charge is 0.317 e. The number of rotatable bonds is 8. The van der Waals surface area contributed by atoms with Crippen LogP contribution in [0.3, 0.4) is 0 Å². The molecule has 0 spiro atoms. The minimum atomic E-state index is -0.924. The minimum Gasteiger partial charge on any atom is -0.480 e. The van der Waals surface area contributed by atoms with Crippen LogP contribution in [0.4, 0.5) is 5.69 Å². The van der Waals surface area contributed by atoms with E-state index in [0.29, 0.717) is 6.54 Å². The maximum absolute atomic E-state index is 12.2. The van der Waals surface area contributed by atoms with Crippen molar-refractivity contribution >= 4 is 29.3 Å². The first-order valence-electron chi connectivity index (χ1n) is 6.88. The first kappa shape index (κ1) is 17.5. The molecule has 0 aliphatic carbocycles. The molecule has 0 heterocycles. The van der Waals surface area contributed by atoms with E-state index in [0.717, 1.165) is 17.0 Å². The van der Waals surface area contributed by atoms with Crippen molar-refractivity contribution in [2.75, 3.05) is 24.7 Å².